The van der Waals surface area contributed by atoms with Gasteiger partial charge >= 0.3 is 0 Å². The minimum absolute atomic E-state index is 0.218. The number of aromatic nitrogens is 1. The van der Waals surface area contributed by atoms with Crippen molar-refractivity contribution in [3.8, 4) is 5.88 Å². The summed E-state index contributed by atoms with van der Waals surface area (Å²) in [6, 6.07) is 5.38. The minimum atomic E-state index is -0.971. The number of aliphatic hydroxyl groups is 1. The van der Waals surface area contributed by atoms with E-state index in [-0.39, 0.29) is 5.78 Å². The lowest BCUT2D eigenvalue weighted by Crippen LogP contribution is -2.32. The fourth-order valence-electron chi connectivity index (χ4n) is 2.10. The number of carbonyl (C=O) groups excluding carboxylic acids is 1. The van der Waals surface area contributed by atoms with Crippen molar-refractivity contribution in [2.45, 2.75) is 38.2 Å². The van der Waals surface area contributed by atoms with Crippen molar-refractivity contribution in [1.82, 2.24) is 4.98 Å². The van der Waals surface area contributed by atoms with Gasteiger partial charge in [0.1, 0.15) is 11.4 Å². The Morgan fingerprint density at radius 3 is 2.76 bits per heavy atom. The molecule has 0 spiro atoms. The molecule has 17 heavy (non-hydrogen) atoms. The maximum atomic E-state index is 11.2. The van der Waals surface area contributed by atoms with E-state index in [1.807, 2.05) is 13.0 Å². The predicted molar refractivity (Wildman–Crippen MR) is 62.8 cm³/mol. The van der Waals surface area contributed by atoms with Gasteiger partial charge in [0.2, 0.25) is 5.88 Å². The van der Waals surface area contributed by atoms with E-state index < -0.39 is 5.60 Å². The third kappa shape index (κ3) is 2.64. The van der Waals surface area contributed by atoms with Crippen LogP contribution >= 0.6 is 0 Å². The Balaban J connectivity index is 2.20. The van der Waals surface area contributed by atoms with Crippen molar-refractivity contribution < 1.29 is 14.6 Å². The van der Waals surface area contributed by atoms with Gasteiger partial charge in [0.05, 0.1) is 12.3 Å². The molecule has 0 saturated heterocycles. The summed E-state index contributed by atoms with van der Waals surface area (Å²) in [5.74, 6) is 0.742. The smallest absolute Gasteiger partial charge is 0.213 e. The van der Waals surface area contributed by atoms with E-state index >= 15 is 0 Å². The van der Waals surface area contributed by atoms with Crippen LogP contribution in [0.2, 0.25) is 0 Å². The highest BCUT2D eigenvalue weighted by Gasteiger charge is 2.35. The van der Waals surface area contributed by atoms with Crippen LogP contribution in [0.15, 0.2) is 18.2 Å². The van der Waals surface area contributed by atoms with Crippen LogP contribution in [-0.4, -0.2) is 22.5 Å². The SMILES string of the molecule is CCOc1cccc(C2(O)CCC(=O)CC2)n1. The third-order valence-corrected chi connectivity index (χ3v) is 3.13. The van der Waals surface area contributed by atoms with Gasteiger partial charge in [-0.05, 0) is 25.8 Å². The standard InChI is InChI=1S/C13H17NO3/c1-2-17-12-5-3-4-11(14-12)13(16)8-6-10(15)7-9-13/h3-5,16H,2,6-9H2,1H3. The van der Waals surface area contributed by atoms with Gasteiger partial charge < -0.3 is 9.84 Å². The first-order valence-electron chi connectivity index (χ1n) is 5.98. The second-order valence-corrected chi connectivity index (χ2v) is 4.36. The molecule has 0 unspecified atom stereocenters. The Kier molecular flexibility index (Phi) is 3.43. The van der Waals surface area contributed by atoms with E-state index in [0.717, 1.165) is 0 Å². The number of Topliss-reactive ketones (excluding diaryl/α,β-unsaturated/α-hetero) is 1. The van der Waals surface area contributed by atoms with Crippen molar-refractivity contribution in [2.24, 2.45) is 0 Å². The zero-order valence-corrected chi connectivity index (χ0v) is 9.98. The molecule has 1 N–H and O–H groups in total. The molecule has 1 heterocycles. The first-order chi connectivity index (χ1) is 8.14. The van der Waals surface area contributed by atoms with Gasteiger partial charge in [0.15, 0.2) is 0 Å². The van der Waals surface area contributed by atoms with Gasteiger partial charge in [-0.1, -0.05) is 6.07 Å². The molecule has 1 aromatic heterocycles. The average Bonchev–Trinajstić information content (AvgIpc) is 2.34. The topological polar surface area (TPSA) is 59.4 Å². The van der Waals surface area contributed by atoms with Crippen LogP contribution < -0.4 is 4.74 Å². The monoisotopic (exact) mass is 235 g/mol. The van der Waals surface area contributed by atoms with Gasteiger partial charge in [-0.2, -0.15) is 0 Å². The molecule has 0 bridgehead atoms. The van der Waals surface area contributed by atoms with E-state index in [1.165, 1.54) is 0 Å². The molecule has 4 heteroatoms. The molecule has 1 aromatic rings. The highest BCUT2D eigenvalue weighted by molar-refractivity contribution is 5.79. The molecule has 1 fully saturated rings. The molecule has 92 valence electrons. The molecule has 4 nitrogen and oxygen atoms in total. The largest absolute Gasteiger partial charge is 0.478 e. The molecular weight excluding hydrogens is 218 g/mol. The lowest BCUT2D eigenvalue weighted by molar-refractivity contribution is -0.125. The van der Waals surface area contributed by atoms with Crippen molar-refractivity contribution in [1.29, 1.82) is 0 Å². The van der Waals surface area contributed by atoms with Crippen molar-refractivity contribution in [2.75, 3.05) is 6.61 Å². The molecule has 0 aromatic carbocycles. The van der Waals surface area contributed by atoms with Crippen LogP contribution in [0.1, 0.15) is 38.3 Å². The molecule has 0 aliphatic heterocycles. The molecule has 0 radical (unpaired) electrons. The maximum Gasteiger partial charge on any atom is 0.213 e. The Hall–Kier alpha value is -1.42. The number of ketones is 1. The second kappa shape index (κ2) is 4.84. The number of hydrogen-bond donors (Lipinski definition) is 1. The summed E-state index contributed by atoms with van der Waals surface area (Å²) in [5.41, 5.74) is -0.364. The van der Waals surface area contributed by atoms with Gasteiger partial charge in [0, 0.05) is 18.9 Å². The minimum Gasteiger partial charge on any atom is -0.478 e. The first-order valence-corrected chi connectivity index (χ1v) is 5.98. The van der Waals surface area contributed by atoms with E-state index in [2.05, 4.69) is 4.98 Å². The predicted octanol–water partition coefficient (Wildman–Crippen LogP) is 1.81. The molecule has 0 amide bonds. The molecular formula is C13H17NO3. The van der Waals surface area contributed by atoms with E-state index in [4.69, 9.17) is 4.74 Å². The Bertz CT molecular complexity index is 407. The van der Waals surface area contributed by atoms with Gasteiger partial charge in [-0.3, -0.25) is 4.79 Å². The van der Waals surface area contributed by atoms with Crippen LogP contribution in [-0.2, 0) is 10.4 Å². The average molecular weight is 235 g/mol. The van der Waals surface area contributed by atoms with Crippen molar-refractivity contribution in [3.63, 3.8) is 0 Å². The summed E-state index contributed by atoms with van der Waals surface area (Å²) in [6.07, 6.45) is 1.76. The maximum absolute atomic E-state index is 11.2. The second-order valence-electron chi connectivity index (χ2n) is 4.36. The Labute approximate surface area is 101 Å². The molecule has 1 aliphatic rings. The fraction of sp³-hybridized carbons (Fsp3) is 0.538. The Morgan fingerprint density at radius 2 is 2.12 bits per heavy atom. The van der Waals surface area contributed by atoms with Gasteiger partial charge in [-0.15, -0.1) is 0 Å². The summed E-state index contributed by atoms with van der Waals surface area (Å²) in [7, 11) is 0. The number of carbonyl (C=O) groups is 1. The zero-order chi connectivity index (χ0) is 12.3. The normalized spacial score (nSPS) is 19.1. The number of rotatable bonds is 3. The summed E-state index contributed by atoms with van der Waals surface area (Å²) < 4.78 is 5.31. The highest BCUT2D eigenvalue weighted by atomic mass is 16.5. The number of ether oxygens (including phenoxy) is 1. The summed E-state index contributed by atoms with van der Waals surface area (Å²) in [6.45, 7) is 2.44. The van der Waals surface area contributed by atoms with Crippen LogP contribution in [0, 0.1) is 0 Å². The van der Waals surface area contributed by atoms with Crippen LogP contribution in [0.25, 0.3) is 0 Å². The fourth-order valence-corrected chi connectivity index (χ4v) is 2.10. The van der Waals surface area contributed by atoms with Crippen molar-refractivity contribution >= 4 is 5.78 Å². The van der Waals surface area contributed by atoms with Crippen LogP contribution in [0.5, 0.6) is 5.88 Å². The van der Waals surface area contributed by atoms with E-state index in [9.17, 15) is 9.90 Å². The molecule has 2 rings (SSSR count). The zero-order valence-electron chi connectivity index (χ0n) is 9.98. The quantitative estimate of drug-likeness (QED) is 0.868. The van der Waals surface area contributed by atoms with Gasteiger partial charge in [-0.25, -0.2) is 4.98 Å². The summed E-state index contributed by atoms with van der Waals surface area (Å²) in [5, 5.41) is 10.5. The van der Waals surface area contributed by atoms with E-state index in [1.54, 1.807) is 12.1 Å². The Morgan fingerprint density at radius 1 is 1.41 bits per heavy atom. The number of nitrogens with zero attached hydrogens (tertiary/aromatic N) is 1. The lowest BCUT2D eigenvalue weighted by Gasteiger charge is -2.30. The lowest BCUT2D eigenvalue weighted by atomic mass is 9.81. The van der Waals surface area contributed by atoms with Crippen molar-refractivity contribution in [3.05, 3.63) is 23.9 Å². The molecule has 1 aliphatic carbocycles. The number of hydrogen-bond acceptors (Lipinski definition) is 4. The molecule has 1 saturated carbocycles. The third-order valence-electron chi connectivity index (χ3n) is 3.13. The van der Waals surface area contributed by atoms with E-state index in [0.29, 0.717) is 43.9 Å². The van der Waals surface area contributed by atoms with Crippen LogP contribution in [0.4, 0.5) is 0 Å². The molecule has 0 atom stereocenters. The summed E-state index contributed by atoms with van der Waals surface area (Å²) >= 11 is 0. The number of pyridine rings is 1. The summed E-state index contributed by atoms with van der Waals surface area (Å²) in [4.78, 5) is 15.5. The van der Waals surface area contributed by atoms with Crippen LogP contribution in [0.3, 0.4) is 0 Å². The first kappa shape index (κ1) is 12.0. The van der Waals surface area contributed by atoms with Gasteiger partial charge in [0.25, 0.3) is 0 Å². The highest BCUT2D eigenvalue weighted by Crippen LogP contribution is 2.35.